The van der Waals surface area contributed by atoms with Crippen molar-refractivity contribution in [1.82, 2.24) is 0 Å². The van der Waals surface area contributed by atoms with Gasteiger partial charge in [-0.1, -0.05) is 6.07 Å². The lowest BCUT2D eigenvalue weighted by atomic mass is 10.1. The molecule has 0 aliphatic carbocycles. The third kappa shape index (κ3) is 3.09. The monoisotopic (exact) mass is 229 g/mol. The van der Waals surface area contributed by atoms with Gasteiger partial charge in [-0.15, -0.1) is 11.6 Å². The Kier molecular flexibility index (Phi) is 3.91. The molecule has 4 nitrogen and oxygen atoms in total. The number of hydrogen-bond donors (Lipinski definition) is 0. The highest BCUT2D eigenvalue weighted by atomic mass is 35.5. The Labute approximate surface area is 93.0 Å². The van der Waals surface area contributed by atoms with Crippen LogP contribution < -0.4 is 4.74 Å². The SMILES string of the molecule is COc1ccc(CC(C)Cl)cc1[N+](=O)[O-]. The second-order valence-electron chi connectivity index (χ2n) is 3.25. The first kappa shape index (κ1) is 11.8. The predicted molar refractivity (Wildman–Crippen MR) is 58.7 cm³/mol. The minimum atomic E-state index is -0.457. The standard InChI is InChI=1S/C10H12ClNO3/c1-7(11)5-8-3-4-10(15-2)9(6-8)12(13)14/h3-4,6-7H,5H2,1-2H3. The van der Waals surface area contributed by atoms with Crippen molar-refractivity contribution in [2.45, 2.75) is 18.7 Å². The lowest BCUT2D eigenvalue weighted by Crippen LogP contribution is -1.99. The van der Waals surface area contributed by atoms with Gasteiger partial charge < -0.3 is 4.74 Å². The highest BCUT2D eigenvalue weighted by Crippen LogP contribution is 2.28. The summed E-state index contributed by atoms with van der Waals surface area (Å²) in [5.74, 6) is 0.269. The normalized spacial score (nSPS) is 12.2. The molecule has 15 heavy (non-hydrogen) atoms. The quantitative estimate of drug-likeness (QED) is 0.453. The number of ether oxygens (including phenoxy) is 1. The smallest absolute Gasteiger partial charge is 0.311 e. The first-order chi connectivity index (χ1) is 7.04. The molecule has 0 saturated carbocycles. The molecule has 0 aliphatic rings. The Balaban J connectivity index is 3.05. The number of hydrogen-bond acceptors (Lipinski definition) is 3. The van der Waals surface area contributed by atoms with E-state index >= 15 is 0 Å². The van der Waals surface area contributed by atoms with Crippen LogP contribution in [0.25, 0.3) is 0 Å². The molecule has 0 aliphatic heterocycles. The third-order valence-corrected chi connectivity index (χ3v) is 2.11. The molecule has 0 spiro atoms. The number of alkyl halides is 1. The number of nitro benzene ring substituents is 1. The minimum absolute atomic E-state index is 0.0210. The Morgan fingerprint density at radius 2 is 2.27 bits per heavy atom. The largest absolute Gasteiger partial charge is 0.490 e. The maximum Gasteiger partial charge on any atom is 0.311 e. The molecular formula is C10H12ClNO3. The Morgan fingerprint density at radius 1 is 1.60 bits per heavy atom. The van der Waals surface area contributed by atoms with Crippen LogP contribution in [-0.2, 0) is 6.42 Å². The van der Waals surface area contributed by atoms with Crippen molar-refractivity contribution in [2.24, 2.45) is 0 Å². The molecule has 1 rings (SSSR count). The van der Waals surface area contributed by atoms with E-state index in [1.54, 1.807) is 12.1 Å². The second-order valence-corrected chi connectivity index (χ2v) is 3.99. The van der Waals surface area contributed by atoms with Crippen LogP contribution in [-0.4, -0.2) is 17.4 Å². The van der Waals surface area contributed by atoms with Gasteiger partial charge in [0.05, 0.1) is 12.0 Å². The Bertz CT molecular complexity index is 366. The van der Waals surface area contributed by atoms with E-state index in [1.165, 1.54) is 13.2 Å². The summed E-state index contributed by atoms with van der Waals surface area (Å²) in [5.41, 5.74) is 0.817. The molecule has 0 bridgehead atoms. The molecule has 5 heteroatoms. The average molecular weight is 230 g/mol. The van der Waals surface area contributed by atoms with Crippen molar-refractivity contribution in [3.63, 3.8) is 0 Å². The number of benzene rings is 1. The molecule has 0 heterocycles. The summed E-state index contributed by atoms with van der Waals surface area (Å²) in [7, 11) is 1.41. The molecule has 0 saturated heterocycles. The molecule has 82 valence electrons. The van der Waals surface area contributed by atoms with Crippen LogP contribution in [0.15, 0.2) is 18.2 Å². The lowest BCUT2D eigenvalue weighted by molar-refractivity contribution is -0.385. The van der Waals surface area contributed by atoms with Gasteiger partial charge in [0, 0.05) is 11.4 Å². The highest BCUT2D eigenvalue weighted by molar-refractivity contribution is 6.20. The van der Waals surface area contributed by atoms with Gasteiger partial charge in [-0.3, -0.25) is 10.1 Å². The molecule has 1 unspecified atom stereocenters. The number of methoxy groups -OCH3 is 1. The van der Waals surface area contributed by atoms with E-state index in [0.717, 1.165) is 5.56 Å². The minimum Gasteiger partial charge on any atom is -0.490 e. The third-order valence-electron chi connectivity index (χ3n) is 1.96. The number of halogens is 1. The summed E-state index contributed by atoms with van der Waals surface area (Å²) in [4.78, 5) is 10.3. The van der Waals surface area contributed by atoms with Crippen LogP contribution in [0.5, 0.6) is 5.75 Å². The fourth-order valence-corrected chi connectivity index (χ4v) is 1.51. The van der Waals surface area contributed by atoms with E-state index in [-0.39, 0.29) is 16.8 Å². The van der Waals surface area contributed by atoms with Gasteiger partial charge in [-0.25, -0.2) is 0 Å². The summed E-state index contributed by atoms with van der Waals surface area (Å²) in [6.45, 7) is 1.84. The molecule has 0 aromatic heterocycles. The Morgan fingerprint density at radius 3 is 2.73 bits per heavy atom. The predicted octanol–water partition coefficient (Wildman–Crippen LogP) is 2.77. The summed E-state index contributed by atoms with van der Waals surface area (Å²) in [5, 5.41) is 10.7. The molecule has 0 amide bonds. The first-order valence-corrected chi connectivity index (χ1v) is 4.93. The van der Waals surface area contributed by atoms with E-state index < -0.39 is 4.92 Å². The summed E-state index contributed by atoms with van der Waals surface area (Å²) in [6.07, 6.45) is 0.604. The average Bonchev–Trinajstić information content (AvgIpc) is 2.16. The van der Waals surface area contributed by atoms with Crippen LogP contribution in [0.2, 0.25) is 0 Å². The summed E-state index contributed by atoms with van der Waals surface area (Å²) in [6, 6.07) is 4.87. The fourth-order valence-electron chi connectivity index (χ4n) is 1.33. The maximum absolute atomic E-state index is 10.7. The first-order valence-electron chi connectivity index (χ1n) is 4.50. The molecule has 1 atom stereocenters. The van der Waals surface area contributed by atoms with Crippen LogP contribution in [0.1, 0.15) is 12.5 Å². The molecule has 1 aromatic carbocycles. The van der Waals surface area contributed by atoms with E-state index in [9.17, 15) is 10.1 Å². The fraction of sp³-hybridized carbons (Fsp3) is 0.400. The van der Waals surface area contributed by atoms with Crippen molar-refractivity contribution in [3.05, 3.63) is 33.9 Å². The van der Waals surface area contributed by atoms with E-state index in [2.05, 4.69) is 0 Å². The van der Waals surface area contributed by atoms with Crippen LogP contribution in [0, 0.1) is 10.1 Å². The van der Waals surface area contributed by atoms with Gasteiger partial charge in [-0.05, 0) is 25.0 Å². The highest BCUT2D eigenvalue weighted by Gasteiger charge is 2.15. The van der Waals surface area contributed by atoms with Crippen LogP contribution >= 0.6 is 11.6 Å². The van der Waals surface area contributed by atoms with Gasteiger partial charge in [0.15, 0.2) is 5.75 Å². The Hall–Kier alpha value is -1.29. The number of rotatable bonds is 4. The number of nitro groups is 1. The molecule has 0 N–H and O–H groups in total. The van der Waals surface area contributed by atoms with Crippen molar-refractivity contribution in [2.75, 3.05) is 7.11 Å². The maximum atomic E-state index is 10.7. The van der Waals surface area contributed by atoms with E-state index in [1.807, 2.05) is 6.92 Å². The van der Waals surface area contributed by atoms with E-state index in [0.29, 0.717) is 6.42 Å². The van der Waals surface area contributed by atoms with Gasteiger partial charge in [-0.2, -0.15) is 0 Å². The van der Waals surface area contributed by atoms with Gasteiger partial charge >= 0.3 is 5.69 Å². The van der Waals surface area contributed by atoms with Crippen molar-refractivity contribution in [1.29, 1.82) is 0 Å². The zero-order valence-corrected chi connectivity index (χ0v) is 9.32. The molecule has 0 fully saturated rings. The molecule has 1 aromatic rings. The molecule has 0 radical (unpaired) electrons. The van der Waals surface area contributed by atoms with Crippen LogP contribution in [0.3, 0.4) is 0 Å². The second kappa shape index (κ2) is 4.98. The van der Waals surface area contributed by atoms with Gasteiger partial charge in [0.1, 0.15) is 0 Å². The summed E-state index contributed by atoms with van der Waals surface area (Å²) >= 11 is 5.82. The van der Waals surface area contributed by atoms with Gasteiger partial charge in [0.25, 0.3) is 0 Å². The number of nitrogens with zero attached hydrogens (tertiary/aromatic N) is 1. The van der Waals surface area contributed by atoms with Crippen molar-refractivity contribution < 1.29 is 9.66 Å². The van der Waals surface area contributed by atoms with Crippen molar-refractivity contribution in [3.8, 4) is 5.75 Å². The lowest BCUT2D eigenvalue weighted by Gasteiger charge is -2.05. The topological polar surface area (TPSA) is 52.4 Å². The molecular weight excluding hydrogens is 218 g/mol. The van der Waals surface area contributed by atoms with Crippen LogP contribution in [0.4, 0.5) is 5.69 Å². The van der Waals surface area contributed by atoms with Crippen molar-refractivity contribution >= 4 is 17.3 Å². The summed E-state index contributed by atoms with van der Waals surface area (Å²) < 4.78 is 4.89. The zero-order chi connectivity index (χ0) is 11.4. The van der Waals surface area contributed by atoms with E-state index in [4.69, 9.17) is 16.3 Å². The zero-order valence-electron chi connectivity index (χ0n) is 8.57. The van der Waals surface area contributed by atoms with Gasteiger partial charge in [0.2, 0.25) is 0 Å².